The van der Waals surface area contributed by atoms with Gasteiger partial charge in [0, 0.05) is 17.4 Å². The molecule has 1 heterocycles. The summed E-state index contributed by atoms with van der Waals surface area (Å²) >= 11 is 0. The van der Waals surface area contributed by atoms with Gasteiger partial charge in [-0.15, -0.1) is 0 Å². The van der Waals surface area contributed by atoms with Gasteiger partial charge in [-0.25, -0.2) is 0 Å². The van der Waals surface area contributed by atoms with Crippen molar-refractivity contribution in [2.24, 2.45) is 0 Å². The molecule has 0 saturated heterocycles. The van der Waals surface area contributed by atoms with Crippen molar-refractivity contribution in [1.29, 1.82) is 0 Å². The number of hydrogen-bond donors (Lipinski definition) is 0. The Kier molecular flexibility index (Phi) is 3.12. The summed E-state index contributed by atoms with van der Waals surface area (Å²) in [6, 6.07) is 19.4. The molecule has 0 aliphatic heterocycles. The molecule has 0 amide bonds. The molecule has 0 bridgehead atoms. The summed E-state index contributed by atoms with van der Waals surface area (Å²) in [6.07, 6.45) is 3.32. The molecule has 0 saturated carbocycles. The molecule has 1 heteroatoms. The van der Waals surface area contributed by atoms with Gasteiger partial charge in [0.2, 0.25) is 0 Å². The fraction of sp³-hybridized carbons (Fsp3) is 0.222. The van der Waals surface area contributed by atoms with Gasteiger partial charge >= 0.3 is 0 Å². The summed E-state index contributed by atoms with van der Waals surface area (Å²) in [7, 11) is 0. The minimum Gasteiger partial charge on any atom is -0.335 e. The summed E-state index contributed by atoms with van der Waals surface area (Å²) in [4.78, 5) is 0. The third-order valence-electron chi connectivity index (χ3n) is 3.59. The lowest BCUT2D eigenvalue weighted by molar-refractivity contribution is 0.823. The van der Waals surface area contributed by atoms with Crippen LogP contribution in [0.5, 0.6) is 0 Å². The molecule has 3 aromatic rings. The molecule has 2 aromatic carbocycles. The molecule has 0 unspecified atom stereocenters. The Hall–Kier alpha value is -2.02. The number of nitrogens with zero attached hydrogens (tertiary/aromatic N) is 1. The van der Waals surface area contributed by atoms with Crippen molar-refractivity contribution in [2.75, 3.05) is 0 Å². The van der Waals surface area contributed by atoms with Crippen molar-refractivity contribution >= 4 is 10.9 Å². The minimum absolute atomic E-state index is 0.591. The van der Waals surface area contributed by atoms with Crippen molar-refractivity contribution < 1.29 is 0 Å². The van der Waals surface area contributed by atoms with E-state index in [1.54, 1.807) is 0 Å². The first-order valence-electron chi connectivity index (χ1n) is 6.79. The van der Waals surface area contributed by atoms with E-state index in [0.717, 1.165) is 6.54 Å². The van der Waals surface area contributed by atoms with Crippen LogP contribution >= 0.6 is 0 Å². The molecule has 0 atom stereocenters. The molecule has 1 aromatic heterocycles. The molecule has 1 nitrogen and oxygen atoms in total. The van der Waals surface area contributed by atoms with E-state index in [0.29, 0.717) is 5.92 Å². The highest BCUT2D eigenvalue weighted by Gasteiger charge is 2.03. The number of rotatable bonds is 3. The molecule has 95 valence electrons. The van der Waals surface area contributed by atoms with Crippen LogP contribution < -0.4 is 0 Å². The van der Waals surface area contributed by atoms with Crippen LogP contribution in [0.3, 0.4) is 0 Å². The van der Waals surface area contributed by atoms with E-state index in [1.807, 2.05) is 0 Å². The largest absolute Gasteiger partial charge is 0.335 e. The van der Waals surface area contributed by atoms with Gasteiger partial charge in [0.1, 0.15) is 0 Å². The van der Waals surface area contributed by atoms with Crippen LogP contribution in [0.25, 0.3) is 10.9 Å². The molecule has 0 fully saturated rings. The van der Waals surface area contributed by atoms with Crippen LogP contribution in [0.15, 0.2) is 54.6 Å². The van der Waals surface area contributed by atoms with Gasteiger partial charge < -0.3 is 4.57 Å². The van der Waals surface area contributed by atoms with Crippen molar-refractivity contribution in [3.63, 3.8) is 0 Å². The van der Waals surface area contributed by atoms with Crippen LogP contribution in [0.1, 0.15) is 30.9 Å². The third kappa shape index (κ3) is 2.41. The van der Waals surface area contributed by atoms with E-state index in [9.17, 15) is 0 Å². The fourth-order valence-corrected chi connectivity index (χ4v) is 2.39. The van der Waals surface area contributed by atoms with Gasteiger partial charge in [-0.2, -0.15) is 0 Å². The first kappa shape index (κ1) is 12.0. The van der Waals surface area contributed by atoms with Gasteiger partial charge in [-0.1, -0.05) is 56.3 Å². The zero-order valence-corrected chi connectivity index (χ0v) is 11.4. The molecule has 3 rings (SSSR count). The topological polar surface area (TPSA) is 4.93 Å². The predicted octanol–water partition coefficient (Wildman–Crippen LogP) is 4.61. The van der Waals surface area contributed by atoms with Gasteiger partial charge in [0.15, 0.2) is 0 Å². The Morgan fingerprint density at radius 3 is 2.47 bits per heavy atom. The van der Waals surface area contributed by atoms with Gasteiger partial charge in [0.25, 0.3) is 0 Å². The second-order valence-corrected chi connectivity index (χ2v) is 5.31. The van der Waals surface area contributed by atoms with Crippen LogP contribution in [-0.2, 0) is 6.54 Å². The summed E-state index contributed by atoms with van der Waals surface area (Å²) in [5.74, 6) is 0.591. The third-order valence-corrected chi connectivity index (χ3v) is 3.59. The number of hydrogen-bond acceptors (Lipinski definition) is 0. The zero-order chi connectivity index (χ0) is 13.2. The van der Waals surface area contributed by atoms with Crippen molar-refractivity contribution in [2.45, 2.75) is 26.3 Å². The van der Waals surface area contributed by atoms with E-state index >= 15 is 0 Å². The SMILES string of the molecule is CC(C)c1ccc(Cn2[c]cc3ccccc32)cc1. The average Bonchev–Trinajstić information content (AvgIpc) is 2.83. The van der Waals surface area contributed by atoms with Crippen LogP contribution in [-0.4, -0.2) is 4.57 Å². The molecule has 0 aliphatic carbocycles. The maximum atomic E-state index is 3.32. The molecular weight excluding hydrogens is 230 g/mol. The normalized spacial score (nSPS) is 11.3. The highest BCUT2D eigenvalue weighted by Crippen LogP contribution is 2.18. The predicted molar refractivity (Wildman–Crippen MR) is 80.4 cm³/mol. The van der Waals surface area contributed by atoms with Crippen LogP contribution in [0.2, 0.25) is 0 Å². The van der Waals surface area contributed by atoms with Crippen LogP contribution in [0.4, 0.5) is 0 Å². The molecule has 0 N–H and O–H groups in total. The molecule has 19 heavy (non-hydrogen) atoms. The van der Waals surface area contributed by atoms with Gasteiger partial charge in [0.05, 0.1) is 6.20 Å². The van der Waals surface area contributed by atoms with E-state index in [1.165, 1.54) is 22.0 Å². The van der Waals surface area contributed by atoms with Crippen LogP contribution in [0, 0.1) is 6.20 Å². The van der Waals surface area contributed by atoms with Crippen molar-refractivity contribution in [1.82, 2.24) is 4.57 Å². The number of para-hydroxylation sites is 1. The molecule has 0 spiro atoms. The van der Waals surface area contributed by atoms with Crippen molar-refractivity contribution in [3.05, 3.63) is 71.9 Å². The summed E-state index contributed by atoms with van der Waals surface area (Å²) in [5, 5.41) is 1.25. The van der Waals surface area contributed by atoms with E-state index in [-0.39, 0.29) is 0 Å². The maximum absolute atomic E-state index is 3.32. The maximum Gasteiger partial charge on any atom is 0.0662 e. The number of benzene rings is 2. The highest BCUT2D eigenvalue weighted by molar-refractivity contribution is 5.79. The Bertz CT molecular complexity index is 674. The fourth-order valence-electron chi connectivity index (χ4n) is 2.39. The Morgan fingerprint density at radius 1 is 1.00 bits per heavy atom. The average molecular weight is 248 g/mol. The monoisotopic (exact) mass is 248 g/mol. The second kappa shape index (κ2) is 4.93. The summed E-state index contributed by atoms with van der Waals surface area (Å²) in [6.45, 7) is 5.33. The van der Waals surface area contributed by atoms with Gasteiger partial charge in [-0.3, -0.25) is 0 Å². The van der Waals surface area contributed by atoms with E-state index in [4.69, 9.17) is 0 Å². The summed E-state index contributed by atoms with van der Waals surface area (Å²) < 4.78 is 2.18. The molecular formula is C18H18N. The Morgan fingerprint density at radius 2 is 1.74 bits per heavy atom. The quantitative estimate of drug-likeness (QED) is 0.637. The first-order valence-corrected chi connectivity index (χ1v) is 6.79. The number of aromatic nitrogens is 1. The first-order chi connectivity index (χ1) is 9.24. The van der Waals surface area contributed by atoms with Gasteiger partial charge in [-0.05, 0) is 29.2 Å². The lowest BCUT2D eigenvalue weighted by atomic mass is 10.0. The zero-order valence-electron chi connectivity index (χ0n) is 11.4. The standard InChI is InChI=1S/C18H18N/c1-14(2)16-9-7-15(8-10-16)13-19-12-11-17-5-3-4-6-18(17)19/h3-11,14H,13H2,1-2H3. The Labute approximate surface area is 114 Å². The summed E-state index contributed by atoms with van der Waals surface area (Å²) in [5.41, 5.74) is 3.96. The molecule has 1 radical (unpaired) electrons. The minimum atomic E-state index is 0.591. The highest BCUT2D eigenvalue weighted by atomic mass is 14.9. The van der Waals surface area contributed by atoms with E-state index in [2.05, 4.69) is 79.2 Å². The number of fused-ring (bicyclic) bond motifs is 1. The Balaban J connectivity index is 1.88. The van der Waals surface area contributed by atoms with Crippen molar-refractivity contribution in [3.8, 4) is 0 Å². The molecule has 0 aliphatic rings. The lowest BCUT2D eigenvalue weighted by Gasteiger charge is -2.08. The lowest BCUT2D eigenvalue weighted by Crippen LogP contribution is -1.98. The second-order valence-electron chi connectivity index (χ2n) is 5.31. The van der Waals surface area contributed by atoms with E-state index < -0.39 is 0 Å². The smallest absolute Gasteiger partial charge is 0.0662 e.